The van der Waals surface area contributed by atoms with Crippen LogP contribution < -0.4 is 4.74 Å². The first kappa shape index (κ1) is 15.6. The minimum absolute atomic E-state index is 0.758. The van der Waals surface area contributed by atoms with E-state index >= 15 is 0 Å². The van der Waals surface area contributed by atoms with E-state index in [2.05, 4.69) is 37.5 Å². The molecule has 1 heterocycles. The monoisotopic (exact) mass is 308 g/mol. The molecule has 0 fully saturated rings. The molecule has 3 rings (SSSR count). The molecule has 3 nitrogen and oxygen atoms in total. The number of nitrogens with zero attached hydrogens (tertiary/aromatic N) is 2. The molecule has 0 N–H and O–H groups in total. The summed E-state index contributed by atoms with van der Waals surface area (Å²) >= 11 is 0. The van der Waals surface area contributed by atoms with Gasteiger partial charge in [-0.1, -0.05) is 18.2 Å². The Morgan fingerprint density at radius 2 is 1.70 bits per heavy atom. The third-order valence-electron chi connectivity index (χ3n) is 4.34. The summed E-state index contributed by atoms with van der Waals surface area (Å²) in [6, 6.07) is 14.4. The van der Waals surface area contributed by atoms with E-state index in [-0.39, 0.29) is 0 Å². The molecule has 23 heavy (non-hydrogen) atoms. The fourth-order valence-corrected chi connectivity index (χ4v) is 2.86. The van der Waals surface area contributed by atoms with Gasteiger partial charge in [-0.15, -0.1) is 0 Å². The molecule has 3 aromatic rings. The number of fused-ring (bicyclic) bond motifs is 1. The van der Waals surface area contributed by atoms with Gasteiger partial charge in [0.1, 0.15) is 11.6 Å². The second-order valence-corrected chi connectivity index (χ2v) is 6.10. The van der Waals surface area contributed by atoms with Crippen LogP contribution in [0, 0.1) is 20.8 Å². The van der Waals surface area contributed by atoms with E-state index in [4.69, 9.17) is 9.72 Å². The van der Waals surface area contributed by atoms with Gasteiger partial charge in [0.05, 0.1) is 17.6 Å². The van der Waals surface area contributed by atoms with Gasteiger partial charge in [0.25, 0.3) is 0 Å². The van der Waals surface area contributed by atoms with Crippen molar-refractivity contribution in [3.05, 3.63) is 59.4 Å². The van der Waals surface area contributed by atoms with E-state index < -0.39 is 0 Å². The third-order valence-corrected chi connectivity index (χ3v) is 4.34. The lowest BCUT2D eigenvalue weighted by molar-refractivity contribution is 0.303. The summed E-state index contributed by atoms with van der Waals surface area (Å²) in [6.07, 6.45) is 2.13. The van der Waals surface area contributed by atoms with Crippen molar-refractivity contribution in [2.75, 3.05) is 6.61 Å². The topological polar surface area (TPSA) is 27.1 Å². The average molecular weight is 308 g/mol. The van der Waals surface area contributed by atoms with Crippen LogP contribution in [0.4, 0.5) is 0 Å². The number of para-hydroxylation sites is 1. The summed E-state index contributed by atoms with van der Waals surface area (Å²) in [5.74, 6) is 2.04. The second kappa shape index (κ2) is 6.86. The molecule has 3 heteroatoms. The minimum atomic E-state index is 0.758. The summed E-state index contributed by atoms with van der Waals surface area (Å²) in [5.41, 5.74) is 4.98. The van der Waals surface area contributed by atoms with Gasteiger partial charge < -0.3 is 9.30 Å². The first-order chi connectivity index (χ1) is 11.1. The molecule has 0 spiro atoms. The van der Waals surface area contributed by atoms with Crippen LogP contribution >= 0.6 is 0 Å². The minimum Gasteiger partial charge on any atom is -0.494 e. The lowest BCUT2D eigenvalue weighted by Gasteiger charge is -2.09. The van der Waals surface area contributed by atoms with Crippen LogP contribution in [-0.4, -0.2) is 16.2 Å². The highest BCUT2D eigenvalue weighted by Crippen LogP contribution is 2.21. The number of rotatable bonds is 6. The van der Waals surface area contributed by atoms with Crippen molar-refractivity contribution in [2.45, 2.75) is 40.2 Å². The second-order valence-electron chi connectivity index (χ2n) is 6.10. The molecule has 0 atom stereocenters. The van der Waals surface area contributed by atoms with Crippen LogP contribution in [0.5, 0.6) is 5.75 Å². The molecule has 0 aliphatic heterocycles. The molecule has 120 valence electrons. The predicted molar refractivity (Wildman–Crippen MR) is 95.1 cm³/mol. The van der Waals surface area contributed by atoms with Crippen LogP contribution in [-0.2, 0) is 6.54 Å². The number of ether oxygens (including phenoxy) is 1. The van der Waals surface area contributed by atoms with E-state index in [9.17, 15) is 0 Å². The quantitative estimate of drug-likeness (QED) is 0.610. The molecule has 0 unspecified atom stereocenters. The molecule has 0 aliphatic carbocycles. The maximum atomic E-state index is 5.75. The maximum Gasteiger partial charge on any atom is 0.119 e. The Morgan fingerprint density at radius 1 is 0.957 bits per heavy atom. The fraction of sp³-hybridized carbons (Fsp3) is 0.350. The molecular weight excluding hydrogens is 284 g/mol. The van der Waals surface area contributed by atoms with Gasteiger partial charge in [0, 0.05) is 6.54 Å². The molecule has 0 amide bonds. The van der Waals surface area contributed by atoms with Gasteiger partial charge in [-0.2, -0.15) is 0 Å². The van der Waals surface area contributed by atoms with Crippen molar-refractivity contribution in [2.24, 2.45) is 0 Å². The highest BCUT2D eigenvalue weighted by atomic mass is 16.5. The Bertz CT molecular complexity index is 790. The molecule has 1 aromatic heterocycles. The van der Waals surface area contributed by atoms with E-state index in [1.54, 1.807) is 0 Å². The lowest BCUT2D eigenvalue weighted by atomic mass is 10.1. The fourth-order valence-electron chi connectivity index (χ4n) is 2.86. The number of imidazole rings is 1. The first-order valence-corrected chi connectivity index (χ1v) is 8.27. The predicted octanol–water partition coefficient (Wildman–Crippen LogP) is 4.82. The Hall–Kier alpha value is -2.29. The zero-order valence-electron chi connectivity index (χ0n) is 14.2. The SMILES string of the molecule is Cc1cc2nc(C)n(CCCCOc3ccccc3)c2cc1C. The van der Waals surface area contributed by atoms with Crippen molar-refractivity contribution in [3.8, 4) is 5.75 Å². The largest absolute Gasteiger partial charge is 0.494 e. The molecular formula is C20H24N2O. The summed E-state index contributed by atoms with van der Waals surface area (Å²) in [7, 11) is 0. The van der Waals surface area contributed by atoms with E-state index in [0.29, 0.717) is 0 Å². The molecule has 0 saturated heterocycles. The van der Waals surface area contributed by atoms with Crippen molar-refractivity contribution >= 4 is 11.0 Å². The first-order valence-electron chi connectivity index (χ1n) is 8.27. The van der Waals surface area contributed by atoms with Gasteiger partial charge in [-0.05, 0) is 69.0 Å². The third kappa shape index (κ3) is 3.55. The highest BCUT2D eigenvalue weighted by molar-refractivity contribution is 5.78. The highest BCUT2D eigenvalue weighted by Gasteiger charge is 2.08. The maximum absolute atomic E-state index is 5.75. The van der Waals surface area contributed by atoms with Crippen LogP contribution in [0.3, 0.4) is 0 Å². The van der Waals surface area contributed by atoms with Gasteiger partial charge in [0.2, 0.25) is 0 Å². The van der Waals surface area contributed by atoms with Crippen molar-refractivity contribution in [1.82, 2.24) is 9.55 Å². The Labute approximate surface area is 137 Å². The van der Waals surface area contributed by atoms with E-state index in [1.807, 2.05) is 30.3 Å². The summed E-state index contributed by atoms with van der Waals surface area (Å²) in [4.78, 5) is 4.69. The molecule has 0 bridgehead atoms. The van der Waals surface area contributed by atoms with Crippen LogP contribution in [0.1, 0.15) is 29.8 Å². The van der Waals surface area contributed by atoms with Crippen molar-refractivity contribution < 1.29 is 4.74 Å². The van der Waals surface area contributed by atoms with Gasteiger partial charge >= 0.3 is 0 Å². The Kier molecular flexibility index (Phi) is 4.65. The molecule has 0 aliphatic rings. The average Bonchev–Trinajstić information content (AvgIpc) is 2.84. The zero-order chi connectivity index (χ0) is 16.2. The normalized spacial score (nSPS) is 11.1. The van der Waals surface area contributed by atoms with E-state index in [0.717, 1.165) is 43.1 Å². The van der Waals surface area contributed by atoms with Gasteiger partial charge in [-0.25, -0.2) is 4.98 Å². The van der Waals surface area contributed by atoms with Crippen LogP contribution in [0.15, 0.2) is 42.5 Å². The Balaban J connectivity index is 1.59. The van der Waals surface area contributed by atoms with Crippen molar-refractivity contribution in [3.63, 3.8) is 0 Å². The number of hydrogen-bond acceptors (Lipinski definition) is 2. The summed E-state index contributed by atoms with van der Waals surface area (Å²) in [6.45, 7) is 8.14. The number of benzene rings is 2. The number of unbranched alkanes of at least 4 members (excludes halogenated alkanes) is 1. The molecule has 2 aromatic carbocycles. The standard InChI is InChI=1S/C20H24N2O/c1-15-13-19-20(14-16(15)2)22(17(3)21-19)11-7-8-12-23-18-9-5-4-6-10-18/h4-6,9-10,13-14H,7-8,11-12H2,1-3H3. The van der Waals surface area contributed by atoms with E-state index in [1.165, 1.54) is 16.6 Å². The van der Waals surface area contributed by atoms with Crippen LogP contribution in [0.2, 0.25) is 0 Å². The summed E-state index contributed by atoms with van der Waals surface area (Å²) in [5, 5.41) is 0. The smallest absolute Gasteiger partial charge is 0.119 e. The number of hydrogen-bond donors (Lipinski definition) is 0. The van der Waals surface area contributed by atoms with Gasteiger partial charge in [0.15, 0.2) is 0 Å². The number of aryl methyl sites for hydroxylation is 4. The summed E-state index contributed by atoms with van der Waals surface area (Å²) < 4.78 is 8.08. The van der Waals surface area contributed by atoms with Gasteiger partial charge in [-0.3, -0.25) is 0 Å². The molecule has 0 radical (unpaired) electrons. The lowest BCUT2D eigenvalue weighted by Crippen LogP contribution is -2.04. The zero-order valence-corrected chi connectivity index (χ0v) is 14.2. The Morgan fingerprint density at radius 3 is 2.48 bits per heavy atom. The van der Waals surface area contributed by atoms with Crippen LogP contribution in [0.25, 0.3) is 11.0 Å². The van der Waals surface area contributed by atoms with Crippen molar-refractivity contribution in [1.29, 1.82) is 0 Å². The molecule has 0 saturated carbocycles. The number of aromatic nitrogens is 2.